The number of benzene rings is 1. The van der Waals surface area contributed by atoms with Crippen molar-refractivity contribution in [2.24, 2.45) is 11.7 Å². The Labute approximate surface area is 125 Å². The van der Waals surface area contributed by atoms with E-state index in [0.29, 0.717) is 6.42 Å². The van der Waals surface area contributed by atoms with Crippen LogP contribution in [0.1, 0.15) is 19.4 Å². The third kappa shape index (κ3) is 5.27. The summed E-state index contributed by atoms with van der Waals surface area (Å²) in [7, 11) is 1.65. The predicted molar refractivity (Wildman–Crippen MR) is 84.4 cm³/mol. The van der Waals surface area contributed by atoms with E-state index in [2.05, 4.69) is 0 Å². The maximum Gasteiger partial charge on any atom is 0.232 e. The number of aliphatic hydroxyl groups is 1. The SMILES string of the molecule is CN(CC(C)(C)O)C(=O)C(Cc1ccccc1)C(N)=S. The molecule has 1 aromatic carbocycles. The van der Waals surface area contributed by atoms with Crippen LogP contribution in [-0.2, 0) is 11.2 Å². The van der Waals surface area contributed by atoms with E-state index in [1.165, 1.54) is 4.90 Å². The summed E-state index contributed by atoms with van der Waals surface area (Å²) in [5, 5.41) is 9.79. The Kier molecular flexibility index (Phi) is 5.65. The molecule has 0 heterocycles. The van der Waals surface area contributed by atoms with Crippen molar-refractivity contribution in [2.45, 2.75) is 25.9 Å². The second-order valence-corrected chi connectivity index (χ2v) is 6.12. The average molecular weight is 294 g/mol. The highest BCUT2D eigenvalue weighted by Gasteiger charge is 2.27. The molecule has 5 heteroatoms. The Balaban J connectivity index is 2.81. The zero-order chi connectivity index (χ0) is 15.3. The van der Waals surface area contributed by atoms with Crippen molar-refractivity contribution in [1.82, 2.24) is 4.90 Å². The largest absolute Gasteiger partial charge is 0.393 e. The van der Waals surface area contributed by atoms with Crippen molar-refractivity contribution in [3.63, 3.8) is 0 Å². The maximum atomic E-state index is 12.4. The van der Waals surface area contributed by atoms with Gasteiger partial charge in [0.2, 0.25) is 5.91 Å². The van der Waals surface area contributed by atoms with Crippen LogP contribution in [0, 0.1) is 5.92 Å². The van der Waals surface area contributed by atoms with E-state index in [9.17, 15) is 9.90 Å². The van der Waals surface area contributed by atoms with Gasteiger partial charge in [0.05, 0.1) is 16.5 Å². The van der Waals surface area contributed by atoms with Crippen LogP contribution < -0.4 is 5.73 Å². The first-order valence-electron chi connectivity index (χ1n) is 6.51. The van der Waals surface area contributed by atoms with Crippen LogP contribution in [0.5, 0.6) is 0 Å². The fourth-order valence-electron chi connectivity index (χ4n) is 2.08. The van der Waals surface area contributed by atoms with Crippen LogP contribution in [-0.4, -0.2) is 40.1 Å². The molecule has 110 valence electrons. The number of rotatable bonds is 6. The van der Waals surface area contributed by atoms with Crippen LogP contribution in [0.4, 0.5) is 0 Å². The quantitative estimate of drug-likeness (QED) is 0.778. The molecule has 0 aromatic heterocycles. The van der Waals surface area contributed by atoms with Crippen LogP contribution in [0.15, 0.2) is 30.3 Å². The van der Waals surface area contributed by atoms with Crippen LogP contribution >= 0.6 is 12.2 Å². The summed E-state index contributed by atoms with van der Waals surface area (Å²) >= 11 is 5.02. The molecule has 0 bridgehead atoms. The Morgan fingerprint density at radius 3 is 2.40 bits per heavy atom. The third-order valence-electron chi connectivity index (χ3n) is 2.92. The fourth-order valence-corrected chi connectivity index (χ4v) is 2.27. The number of nitrogens with zero attached hydrogens (tertiary/aromatic N) is 1. The Bertz CT molecular complexity index is 469. The second-order valence-electron chi connectivity index (χ2n) is 5.65. The molecule has 1 aromatic rings. The van der Waals surface area contributed by atoms with Gasteiger partial charge in [0, 0.05) is 13.6 Å². The molecule has 0 aliphatic rings. The molecule has 20 heavy (non-hydrogen) atoms. The van der Waals surface area contributed by atoms with Crippen LogP contribution in [0.25, 0.3) is 0 Å². The number of carbonyl (C=O) groups excluding carboxylic acids is 1. The normalized spacial score (nSPS) is 12.8. The van der Waals surface area contributed by atoms with Gasteiger partial charge in [0.1, 0.15) is 0 Å². The molecular weight excluding hydrogens is 272 g/mol. The van der Waals surface area contributed by atoms with Gasteiger partial charge in [-0.25, -0.2) is 0 Å². The molecule has 4 nitrogen and oxygen atoms in total. The van der Waals surface area contributed by atoms with Crippen molar-refractivity contribution >= 4 is 23.1 Å². The minimum atomic E-state index is -0.947. The van der Waals surface area contributed by atoms with Crippen LogP contribution in [0.3, 0.4) is 0 Å². The first-order chi connectivity index (χ1) is 9.20. The topological polar surface area (TPSA) is 66.6 Å². The predicted octanol–water partition coefficient (Wildman–Crippen LogP) is 1.36. The highest BCUT2D eigenvalue weighted by atomic mass is 32.1. The number of carbonyl (C=O) groups is 1. The molecule has 0 saturated carbocycles. The Morgan fingerprint density at radius 2 is 1.95 bits per heavy atom. The average Bonchev–Trinajstić information content (AvgIpc) is 2.34. The minimum absolute atomic E-state index is 0.163. The summed E-state index contributed by atoms with van der Waals surface area (Å²) in [5.41, 5.74) is 5.77. The Morgan fingerprint density at radius 1 is 1.40 bits per heavy atom. The maximum absolute atomic E-state index is 12.4. The highest BCUT2D eigenvalue weighted by molar-refractivity contribution is 7.80. The number of nitrogens with two attached hydrogens (primary N) is 1. The second kappa shape index (κ2) is 6.81. The molecule has 3 N–H and O–H groups in total. The molecule has 0 spiro atoms. The first-order valence-corrected chi connectivity index (χ1v) is 6.92. The van der Waals surface area contributed by atoms with E-state index in [1.54, 1.807) is 20.9 Å². The summed E-state index contributed by atoms with van der Waals surface area (Å²) in [6, 6.07) is 9.62. The van der Waals surface area contributed by atoms with Crippen LogP contribution in [0.2, 0.25) is 0 Å². The lowest BCUT2D eigenvalue weighted by molar-refractivity contribution is -0.134. The molecule has 0 aliphatic heterocycles. The summed E-state index contributed by atoms with van der Waals surface area (Å²) in [5.74, 6) is -0.705. The zero-order valence-electron chi connectivity index (χ0n) is 12.2. The summed E-state index contributed by atoms with van der Waals surface area (Å²) in [6.07, 6.45) is 0.477. The van der Waals surface area contributed by atoms with E-state index >= 15 is 0 Å². The van der Waals surface area contributed by atoms with Crippen molar-refractivity contribution in [3.8, 4) is 0 Å². The number of hydrogen-bond donors (Lipinski definition) is 2. The lowest BCUT2D eigenvalue weighted by Gasteiger charge is -2.28. The number of hydrogen-bond acceptors (Lipinski definition) is 3. The molecule has 1 rings (SSSR count). The molecular formula is C15H22N2O2S. The van der Waals surface area contributed by atoms with E-state index in [4.69, 9.17) is 18.0 Å². The van der Waals surface area contributed by atoms with Crippen molar-refractivity contribution in [2.75, 3.05) is 13.6 Å². The van der Waals surface area contributed by atoms with E-state index < -0.39 is 11.5 Å². The molecule has 0 aliphatic carbocycles. The Hall–Kier alpha value is -1.46. The standard InChI is InChI=1S/C15H22N2O2S/c1-15(2,19)10-17(3)14(18)12(13(16)20)9-11-7-5-4-6-8-11/h4-8,12,19H,9-10H2,1-3H3,(H2,16,20). The molecule has 1 amide bonds. The van der Waals surface area contributed by atoms with E-state index in [0.717, 1.165) is 5.56 Å². The van der Waals surface area contributed by atoms with Gasteiger partial charge in [0.15, 0.2) is 0 Å². The fraction of sp³-hybridized carbons (Fsp3) is 0.467. The lowest BCUT2D eigenvalue weighted by atomic mass is 9.97. The number of likely N-dealkylation sites (N-methyl/N-ethyl adjacent to an activating group) is 1. The van der Waals surface area contributed by atoms with Gasteiger partial charge in [-0.3, -0.25) is 4.79 Å². The number of thiocarbonyl (C=S) groups is 1. The molecule has 0 saturated heterocycles. The monoisotopic (exact) mass is 294 g/mol. The van der Waals surface area contributed by atoms with E-state index in [1.807, 2.05) is 30.3 Å². The van der Waals surface area contributed by atoms with Gasteiger partial charge in [0.25, 0.3) is 0 Å². The summed E-state index contributed by atoms with van der Waals surface area (Å²) < 4.78 is 0. The molecule has 0 fully saturated rings. The molecule has 1 atom stereocenters. The molecule has 1 unspecified atom stereocenters. The lowest BCUT2D eigenvalue weighted by Crippen LogP contribution is -2.45. The van der Waals surface area contributed by atoms with Gasteiger partial charge in [-0.2, -0.15) is 0 Å². The summed E-state index contributed by atoms with van der Waals surface area (Å²) in [6.45, 7) is 3.55. The zero-order valence-corrected chi connectivity index (χ0v) is 13.0. The van der Waals surface area contributed by atoms with Gasteiger partial charge in [-0.1, -0.05) is 42.5 Å². The van der Waals surface area contributed by atoms with Gasteiger partial charge in [-0.15, -0.1) is 0 Å². The van der Waals surface area contributed by atoms with E-state index in [-0.39, 0.29) is 17.4 Å². The van der Waals surface area contributed by atoms with Gasteiger partial charge in [-0.05, 0) is 25.8 Å². The molecule has 0 radical (unpaired) electrons. The van der Waals surface area contributed by atoms with Gasteiger partial charge >= 0.3 is 0 Å². The third-order valence-corrected chi connectivity index (χ3v) is 3.21. The minimum Gasteiger partial charge on any atom is -0.393 e. The number of amides is 1. The first kappa shape index (κ1) is 16.6. The summed E-state index contributed by atoms with van der Waals surface area (Å²) in [4.78, 5) is 14.1. The van der Waals surface area contributed by atoms with Crippen molar-refractivity contribution in [3.05, 3.63) is 35.9 Å². The van der Waals surface area contributed by atoms with Crippen molar-refractivity contribution < 1.29 is 9.90 Å². The highest BCUT2D eigenvalue weighted by Crippen LogP contribution is 2.14. The smallest absolute Gasteiger partial charge is 0.232 e. The van der Waals surface area contributed by atoms with Crippen molar-refractivity contribution in [1.29, 1.82) is 0 Å². The van der Waals surface area contributed by atoms with Gasteiger partial charge < -0.3 is 15.7 Å².